The zero-order chi connectivity index (χ0) is 30.1. The maximum absolute atomic E-state index is 13.2. The van der Waals surface area contributed by atoms with Crippen molar-refractivity contribution in [3.05, 3.63) is 74.9 Å². The predicted octanol–water partition coefficient (Wildman–Crippen LogP) is 5.42. The van der Waals surface area contributed by atoms with Crippen LogP contribution in [0.4, 0.5) is 35.1 Å². The molecule has 0 spiro atoms. The molecule has 0 aliphatic rings. The van der Waals surface area contributed by atoms with Gasteiger partial charge in [0.25, 0.3) is 5.56 Å². The largest absolute Gasteiger partial charge is 0.573 e. The van der Waals surface area contributed by atoms with Crippen molar-refractivity contribution in [3.63, 3.8) is 0 Å². The monoisotopic (exact) mass is 612 g/mol. The lowest BCUT2D eigenvalue weighted by Crippen LogP contribution is -2.38. The van der Waals surface area contributed by atoms with Crippen LogP contribution in [0.15, 0.2) is 58.1 Å². The van der Waals surface area contributed by atoms with Gasteiger partial charge >= 0.3 is 24.8 Å². The van der Waals surface area contributed by atoms with Gasteiger partial charge in [-0.2, -0.15) is 22.0 Å². The SMILES string of the molecule is O=c1[nH]c(=O)n(CC(O)C(F)(F)F)c2cc(-c3ccc(OCc4ccc(OC(F)F)cc4)c(OC(F)(F)F)c3)sc12. The minimum absolute atomic E-state index is 0.0288. The molecule has 220 valence electrons. The molecule has 1 atom stereocenters. The number of thiophene rings is 1. The molecule has 4 rings (SSSR count). The third-order valence-electron chi connectivity index (χ3n) is 5.41. The number of nitrogens with zero attached hydrogens (tertiary/aromatic N) is 1. The summed E-state index contributed by atoms with van der Waals surface area (Å²) in [6.45, 7) is -4.58. The van der Waals surface area contributed by atoms with E-state index < -0.39 is 48.8 Å². The van der Waals surface area contributed by atoms with Gasteiger partial charge in [-0.1, -0.05) is 12.1 Å². The fourth-order valence-electron chi connectivity index (χ4n) is 3.59. The number of H-pyrrole nitrogens is 1. The number of benzene rings is 2. The molecule has 8 nitrogen and oxygen atoms in total. The van der Waals surface area contributed by atoms with Crippen molar-refractivity contribution in [2.45, 2.75) is 38.4 Å². The molecule has 0 saturated carbocycles. The number of aromatic amines is 1. The standard InChI is InChI=1S/C24H16F8N2O6S/c25-21(26)39-13-4-1-11(2-5-13)10-38-15-6-3-12(7-16(15)40-24(30,31)32)17-8-14-19(41-17)20(36)33-22(37)34(14)9-18(35)23(27,28)29/h1-8,18,21,35H,9-10H2,(H,33,36,37). The topological polar surface area (TPSA) is 103 Å². The molecule has 2 heterocycles. The number of aromatic nitrogens is 2. The third kappa shape index (κ3) is 7.35. The summed E-state index contributed by atoms with van der Waals surface area (Å²) in [5.41, 5.74) is -2.04. The molecule has 1 unspecified atom stereocenters. The van der Waals surface area contributed by atoms with Crippen molar-refractivity contribution in [1.29, 1.82) is 0 Å². The van der Waals surface area contributed by atoms with Crippen molar-refractivity contribution < 1.29 is 54.4 Å². The number of alkyl halides is 8. The van der Waals surface area contributed by atoms with E-state index in [0.717, 1.165) is 18.2 Å². The highest BCUT2D eigenvalue weighted by atomic mass is 32.1. The molecule has 0 saturated heterocycles. The number of rotatable bonds is 9. The fourth-order valence-corrected chi connectivity index (χ4v) is 4.64. The number of aliphatic hydroxyl groups excluding tert-OH is 1. The maximum atomic E-state index is 13.2. The minimum Gasteiger partial charge on any atom is -0.485 e. The Morgan fingerprint density at radius 1 is 0.951 bits per heavy atom. The van der Waals surface area contributed by atoms with E-state index in [2.05, 4.69) is 9.47 Å². The highest BCUT2D eigenvalue weighted by Gasteiger charge is 2.39. The first kappa shape index (κ1) is 29.9. The van der Waals surface area contributed by atoms with E-state index in [-0.39, 0.29) is 38.8 Å². The molecule has 0 radical (unpaired) electrons. The van der Waals surface area contributed by atoms with Crippen molar-refractivity contribution in [3.8, 4) is 27.7 Å². The minimum atomic E-state index is -5.16. The summed E-state index contributed by atoms with van der Waals surface area (Å²) in [5.74, 6) is -1.32. The molecule has 2 aromatic heterocycles. The molecule has 41 heavy (non-hydrogen) atoms. The zero-order valence-electron chi connectivity index (χ0n) is 20.1. The molecular weight excluding hydrogens is 596 g/mol. The van der Waals surface area contributed by atoms with Crippen LogP contribution in [0.1, 0.15) is 5.56 Å². The van der Waals surface area contributed by atoms with Gasteiger partial charge in [-0.3, -0.25) is 14.3 Å². The Kier molecular flexibility index (Phi) is 8.30. The van der Waals surface area contributed by atoms with Gasteiger partial charge in [0.05, 0.1) is 12.1 Å². The smallest absolute Gasteiger partial charge is 0.485 e. The van der Waals surface area contributed by atoms with Crippen LogP contribution in [0.3, 0.4) is 0 Å². The van der Waals surface area contributed by atoms with E-state index in [1.54, 1.807) is 0 Å². The number of hydrogen-bond donors (Lipinski definition) is 2. The van der Waals surface area contributed by atoms with E-state index in [9.17, 15) is 49.8 Å². The number of fused-ring (bicyclic) bond motifs is 1. The summed E-state index contributed by atoms with van der Waals surface area (Å²) >= 11 is 0.673. The molecule has 17 heteroatoms. The number of aliphatic hydroxyl groups is 1. The second-order valence-electron chi connectivity index (χ2n) is 8.27. The Balaban J connectivity index is 1.67. The van der Waals surface area contributed by atoms with Gasteiger partial charge in [0.1, 0.15) is 17.1 Å². The van der Waals surface area contributed by atoms with Gasteiger partial charge in [-0.05, 0) is 47.5 Å². The number of halogens is 8. The molecular formula is C24H16F8N2O6S. The lowest BCUT2D eigenvalue weighted by Gasteiger charge is -2.16. The van der Waals surface area contributed by atoms with E-state index in [4.69, 9.17) is 4.74 Å². The summed E-state index contributed by atoms with van der Waals surface area (Å²) in [7, 11) is 0. The van der Waals surface area contributed by atoms with Crippen molar-refractivity contribution >= 4 is 21.6 Å². The van der Waals surface area contributed by atoms with Crippen LogP contribution in [-0.4, -0.2) is 39.9 Å². The summed E-state index contributed by atoms with van der Waals surface area (Å²) in [5, 5.41) is 9.43. The lowest BCUT2D eigenvalue weighted by atomic mass is 10.1. The summed E-state index contributed by atoms with van der Waals surface area (Å²) in [4.78, 5) is 26.4. The normalized spacial score (nSPS) is 13.0. The number of hydrogen-bond acceptors (Lipinski definition) is 7. The Morgan fingerprint density at radius 3 is 2.24 bits per heavy atom. The van der Waals surface area contributed by atoms with Gasteiger partial charge in [0.15, 0.2) is 17.6 Å². The summed E-state index contributed by atoms with van der Waals surface area (Å²) in [6, 6.07) is 9.53. The first-order chi connectivity index (χ1) is 19.1. The Hall–Kier alpha value is -4.12. The molecule has 0 aliphatic heterocycles. The highest BCUT2D eigenvalue weighted by Crippen LogP contribution is 2.39. The molecule has 0 amide bonds. The van der Waals surface area contributed by atoms with E-state index in [1.807, 2.05) is 4.98 Å². The van der Waals surface area contributed by atoms with Gasteiger partial charge in [-0.15, -0.1) is 24.5 Å². The molecule has 0 aliphatic carbocycles. The first-order valence-electron chi connectivity index (χ1n) is 11.2. The average Bonchev–Trinajstić information content (AvgIpc) is 3.31. The summed E-state index contributed by atoms with van der Waals surface area (Å²) in [6.07, 6.45) is -13.2. The molecule has 4 aromatic rings. The maximum Gasteiger partial charge on any atom is 0.573 e. The Morgan fingerprint density at radius 2 is 1.63 bits per heavy atom. The molecule has 0 fully saturated rings. The van der Waals surface area contributed by atoms with Crippen LogP contribution in [0, 0.1) is 0 Å². The average molecular weight is 612 g/mol. The summed E-state index contributed by atoms with van der Waals surface area (Å²) < 4.78 is 117. The molecule has 0 bridgehead atoms. The van der Waals surface area contributed by atoms with Crippen molar-refractivity contribution in [2.24, 2.45) is 0 Å². The van der Waals surface area contributed by atoms with E-state index in [0.29, 0.717) is 21.5 Å². The van der Waals surface area contributed by atoms with Crippen molar-refractivity contribution in [2.75, 3.05) is 0 Å². The van der Waals surface area contributed by atoms with Gasteiger partial charge < -0.3 is 19.3 Å². The van der Waals surface area contributed by atoms with Gasteiger partial charge in [0, 0.05) is 4.88 Å². The van der Waals surface area contributed by atoms with Crippen molar-refractivity contribution in [1.82, 2.24) is 9.55 Å². The highest BCUT2D eigenvalue weighted by molar-refractivity contribution is 7.22. The quantitative estimate of drug-likeness (QED) is 0.245. The van der Waals surface area contributed by atoms with Gasteiger partial charge in [-0.25, -0.2) is 4.79 Å². The van der Waals surface area contributed by atoms with E-state index >= 15 is 0 Å². The Bertz CT molecular complexity index is 1640. The second-order valence-corrected chi connectivity index (χ2v) is 9.32. The predicted molar refractivity (Wildman–Crippen MR) is 128 cm³/mol. The fraction of sp³-hybridized carbons (Fsp3) is 0.250. The molecule has 2 N–H and O–H groups in total. The lowest BCUT2D eigenvalue weighted by molar-refractivity contribution is -0.275. The number of nitrogens with one attached hydrogen (secondary N) is 1. The van der Waals surface area contributed by atoms with Gasteiger partial charge in [0.2, 0.25) is 0 Å². The zero-order valence-corrected chi connectivity index (χ0v) is 20.9. The third-order valence-corrected chi connectivity index (χ3v) is 6.58. The van der Waals surface area contributed by atoms with Crippen LogP contribution in [-0.2, 0) is 13.2 Å². The number of ether oxygens (including phenoxy) is 3. The van der Waals surface area contributed by atoms with Crippen LogP contribution in [0.25, 0.3) is 20.7 Å². The van der Waals surface area contributed by atoms with Crippen LogP contribution >= 0.6 is 11.3 Å². The van der Waals surface area contributed by atoms with E-state index in [1.165, 1.54) is 30.3 Å². The van der Waals surface area contributed by atoms with Crippen LogP contribution < -0.4 is 25.5 Å². The van der Waals surface area contributed by atoms with Crippen LogP contribution in [0.2, 0.25) is 0 Å². The second kappa shape index (κ2) is 11.4. The molecule has 2 aromatic carbocycles. The Labute approximate surface area is 226 Å². The van der Waals surface area contributed by atoms with Crippen LogP contribution in [0.5, 0.6) is 17.2 Å². The first-order valence-corrected chi connectivity index (χ1v) is 12.0.